The fraction of sp³-hybridized carbons (Fsp3) is 0.257. The molecule has 7 aromatic carbocycles. The second kappa shape index (κ2) is 19.1. The van der Waals surface area contributed by atoms with Crippen molar-refractivity contribution in [2.75, 3.05) is 4.90 Å². The summed E-state index contributed by atoms with van der Waals surface area (Å²) in [4.78, 5) is 14.6. The van der Waals surface area contributed by atoms with Gasteiger partial charge in [-0.3, -0.25) is 4.39 Å². The van der Waals surface area contributed by atoms with Crippen LogP contribution in [-0.2, 0) is 41.8 Å². The standard InChI is InChI=1S/C57H55BN3S.C13H11FN.Ir/c1-54(2,3)36-19-22-45-40(26-36)41-27-38(56(7,8)9)28-42-52(41)60(45)47-24-35(34-18-21-44(59-32-34)33-16-14-13-15-17-33)25-48-51(47)58(42)43-29-39(57(10,11)12)31-50-53(43)61(48)46-23-20-37(55(4,5)6)30-49(46)62-50;1-9-7-13(15-8-10(9)2)11-3-5-12(14)6-4-11;/h13-16,18-32H,1-12H3;3,5-8H,1-2H3;/q2*-1;. The first-order valence-corrected chi connectivity index (χ1v) is 27.9. The molecule has 3 aliphatic rings. The van der Waals surface area contributed by atoms with E-state index >= 15 is 0 Å². The van der Waals surface area contributed by atoms with Gasteiger partial charge in [-0.15, -0.1) is 65.7 Å². The molecule has 0 saturated heterocycles. The van der Waals surface area contributed by atoms with Gasteiger partial charge in [-0.2, -0.15) is 0 Å². The van der Waals surface area contributed by atoms with Gasteiger partial charge in [-0.25, -0.2) is 0 Å². The third kappa shape index (κ3) is 9.16. The number of rotatable bonds is 3. The molecule has 0 atom stereocenters. The molecule has 0 aliphatic carbocycles. The van der Waals surface area contributed by atoms with E-state index in [0.717, 1.165) is 39.2 Å². The quantitative estimate of drug-likeness (QED) is 0.130. The van der Waals surface area contributed by atoms with Crippen molar-refractivity contribution in [3.63, 3.8) is 0 Å². The van der Waals surface area contributed by atoms with Crippen LogP contribution >= 0.6 is 11.8 Å². The van der Waals surface area contributed by atoms with Crippen molar-refractivity contribution in [2.24, 2.45) is 0 Å². The van der Waals surface area contributed by atoms with Crippen LogP contribution in [-0.4, -0.2) is 21.2 Å². The van der Waals surface area contributed by atoms with E-state index in [1.165, 1.54) is 111 Å². The second-order valence-corrected chi connectivity index (χ2v) is 26.8. The average molecular weight is 1220 g/mol. The number of benzene rings is 7. The molecule has 3 aromatic heterocycles. The van der Waals surface area contributed by atoms with Crippen LogP contribution in [0.3, 0.4) is 0 Å². The van der Waals surface area contributed by atoms with Crippen LogP contribution in [0.25, 0.3) is 61.1 Å². The number of nitrogens with zero attached hydrogens (tertiary/aromatic N) is 4. The Bertz CT molecular complexity index is 4020. The van der Waals surface area contributed by atoms with Gasteiger partial charge in [0.15, 0.2) is 0 Å². The largest absolute Gasteiger partial charge is 0.310 e. The number of hydrogen-bond donors (Lipinski definition) is 0. The van der Waals surface area contributed by atoms with E-state index in [-0.39, 0.29) is 54.3 Å². The number of anilines is 3. The number of aromatic nitrogens is 3. The topological polar surface area (TPSA) is 34.0 Å². The molecule has 8 heteroatoms. The maximum atomic E-state index is 12.7. The van der Waals surface area contributed by atoms with Crippen LogP contribution in [0.1, 0.15) is 116 Å². The zero-order valence-electron chi connectivity index (χ0n) is 47.3. The Kier molecular flexibility index (Phi) is 13.1. The monoisotopic (exact) mass is 1220 g/mol. The van der Waals surface area contributed by atoms with Crippen LogP contribution in [0.4, 0.5) is 21.5 Å². The van der Waals surface area contributed by atoms with Crippen molar-refractivity contribution in [3.05, 3.63) is 197 Å². The number of pyridine rings is 2. The fourth-order valence-electron chi connectivity index (χ4n) is 11.4. The smallest absolute Gasteiger partial charge is 0.252 e. The second-order valence-electron chi connectivity index (χ2n) is 25.7. The Morgan fingerprint density at radius 3 is 1.82 bits per heavy atom. The molecule has 4 nitrogen and oxygen atoms in total. The minimum Gasteiger partial charge on any atom is -0.310 e. The van der Waals surface area contributed by atoms with Crippen molar-refractivity contribution in [1.29, 1.82) is 0 Å². The summed E-state index contributed by atoms with van der Waals surface area (Å²) in [5.74, 6) is -0.275. The number of hydrogen-bond acceptors (Lipinski definition) is 4. The summed E-state index contributed by atoms with van der Waals surface area (Å²) in [6, 6.07) is 54.7. The molecule has 0 N–H and O–H groups in total. The van der Waals surface area contributed by atoms with Crippen molar-refractivity contribution in [3.8, 4) is 39.3 Å². The Morgan fingerprint density at radius 2 is 1.17 bits per heavy atom. The summed E-state index contributed by atoms with van der Waals surface area (Å²) < 4.78 is 15.3. The molecule has 0 bridgehead atoms. The molecule has 1 radical (unpaired) electrons. The first-order chi connectivity index (χ1) is 36.4. The molecule has 3 aliphatic heterocycles. The van der Waals surface area contributed by atoms with Gasteiger partial charge >= 0.3 is 0 Å². The third-order valence-corrected chi connectivity index (χ3v) is 17.2. The molecule has 0 saturated carbocycles. The minimum absolute atomic E-state index is 0. The van der Waals surface area contributed by atoms with E-state index in [1.807, 2.05) is 50.0 Å². The van der Waals surface area contributed by atoms with E-state index in [1.54, 1.807) is 6.07 Å². The molecular formula is C70H66BFIrN4S-2. The molecule has 393 valence electrons. The summed E-state index contributed by atoms with van der Waals surface area (Å²) >= 11 is 1.95. The van der Waals surface area contributed by atoms with Crippen molar-refractivity contribution in [1.82, 2.24) is 14.5 Å². The van der Waals surface area contributed by atoms with Gasteiger partial charge in [0, 0.05) is 75.8 Å². The number of halogens is 1. The molecule has 0 fully saturated rings. The van der Waals surface area contributed by atoms with Gasteiger partial charge in [0.1, 0.15) is 0 Å². The predicted octanol–water partition coefficient (Wildman–Crippen LogP) is 16.9. The van der Waals surface area contributed by atoms with Crippen molar-refractivity contribution in [2.45, 2.75) is 128 Å². The maximum Gasteiger partial charge on any atom is 0.252 e. The third-order valence-electron chi connectivity index (χ3n) is 16.1. The summed E-state index contributed by atoms with van der Waals surface area (Å²) in [5, 5.41) is 2.66. The Balaban J connectivity index is 0.000000349. The number of fused-ring (bicyclic) bond motifs is 9. The first kappa shape index (κ1) is 53.4. The Morgan fingerprint density at radius 1 is 0.526 bits per heavy atom. The fourth-order valence-corrected chi connectivity index (χ4v) is 12.6. The van der Waals surface area contributed by atoms with Crippen LogP contribution in [0.15, 0.2) is 156 Å². The van der Waals surface area contributed by atoms with E-state index in [0.29, 0.717) is 0 Å². The Labute approximate surface area is 479 Å². The SMILES string of the molecule is CC(C)(C)c1ccc2c(c1)Sc1cc(C(C)(C)C)cc3c1N2c1cc(-c2ccc(-c4[c-]cccc4)nc2)cc2c1B3c1cc(C(C)(C)C)cc3c4cc(C(C)(C)C)ccc4n-2c13.Cc1cnc(-c2[c-]cc(F)cc2)cc1C.[Ir]. The summed E-state index contributed by atoms with van der Waals surface area (Å²) in [6.07, 6.45) is 3.88. The van der Waals surface area contributed by atoms with E-state index in [2.05, 4.69) is 213 Å². The predicted molar refractivity (Wildman–Crippen MR) is 324 cm³/mol. The van der Waals surface area contributed by atoms with Gasteiger partial charge in [0.05, 0.1) is 16.9 Å². The van der Waals surface area contributed by atoms with Gasteiger partial charge in [-0.1, -0.05) is 143 Å². The first-order valence-electron chi connectivity index (χ1n) is 27.1. The van der Waals surface area contributed by atoms with Gasteiger partial charge in [-0.05, 0) is 151 Å². The minimum atomic E-state index is -0.275. The molecule has 10 aromatic rings. The molecule has 13 rings (SSSR count). The summed E-state index contributed by atoms with van der Waals surface area (Å²) in [7, 11) is 0. The van der Waals surface area contributed by atoms with Crippen LogP contribution in [0, 0.1) is 31.8 Å². The van der Waals surface area contributed by atoms with E-state index < -0.39 is 0 Å². The van der Waals surface area contributed by atoms with Crippen LogP contribution in [0.2, 0.25) is 0 Å². The van der Waals surface area contributed by atoms with Gasteiger partial charge in [0.25, 0.3) is 6.71 Å². The maximum absolute atomic E-state index is 12.7. The summed E-state index contributed by atoms with van der Waals surface area (Å²) in [6.45, 7) is 32.2. The van der Waals surface area contributed by atoms with Crippen LogP contribution < -0.4 is 21.3 Å². The van der Waals surface area contributed by atoms with Crippen LogP contribution in [0.5, 0.6) is 0 Å². The molecular weight excluding hydrogens is 1150 g/mol. The van der Waals surface area contributed by atoms with Gasteiger partial charge in [0.2, 0.25) is 0 Å². The van der Waals surface area contributed by atoms with E-state index in [9.17, 15) is 4.39 Å². The zero-order chi connectivity index (χ0) is 54.2. The number of aryl methyl sites for hydroxylation is 2. The Hall–Kier alpha value is -6.57. The molecule has 0 amide bonds. The molecule has 6 heterocycles. The summed E-state index contributed by atoms with van der Waals surface area (Å²) in [5.41, 5.74) is 25.4. The zero-order valence-corrected chi connectivity index (χ0v) is 50.6. The molecule has 0 unspecified atom stereocenters. The molecule has 78 heavy (non-hydrogen) atoms. The van der Waals surface area contributed by atoms with Gasteiger partial charge < -0.3 is 19.4 Å². The van der Waals surface area contributed by atoms with Crippen molar-refractivity contribution < 1.29 is 24.5 Å². The molecule has 0 spiro atoms. The average Bonchev–Trinajstić information content (AvgIpc) is 3.88. The normalized spacial score (nSPS) is 13.4. The van der Waals surface area contributed by atoms with Crippen molar-refractivity contribution >= 4 is 73.7 Å². The van der Waals surface area contributed by atoms with E-state index in [4.69, 9.17) is 4.98 Å².